The molecule has 0 aromatic carbocycles. The van der Waals surface area contributed by atoms with Crippen molar-refractivity contribution in [2.75, 3.05) is 5.32 Å². The fourth-order valence-corrected chi connectivity index (χ4v) is 1.69. The number of nitrogens with zero attached hydrogens (tertiary/aromatic N) is 3. The van der Waals surface area contributed by atoms with Crippen LogP contribution in [0.3, 0.4) is 0 Å². The van der Waals surface area contributed by atoms with E-state index in [1.54, 1.807) is 20.0 Å². The van der Waals surface area contributed by atoms with E-state index in [-0.39, 0.29) is 11.3 Å². The average molecular weight is 260 g/mol. The Bertz CT molecular complexity index is 648. The maximum Gasteiger partial charge on any atom is 0.337 e. The van der Waals surface area contributed by atoms with Crippen LogP contribution in [-0.2, 0) is 7.05 Å². The molecule has 0 spiro atoms. The van der Waals surface area contributed by atoms with Crippen LogP contribution in [0.2, 0.25) is 0 Å². The number of carboxylic acid groups (broad SMARTS) is 1. The van der Waals surface area contributed by atoms with Crippen LogP contribution < -0.4 is 5.32 Å². The molecule has 2 aromatic heterocycles. The molecule has 0 bridgehead atoms. The van der Waals surface area contributed by atoms with E-state index in [1.165, 1.54) is 23.1 Å². The molecule has 2 rings (SSSR count). The highest BCUT2D eigenvalue weighted by Gasteiger charge is 2.16. The van der Waals surface area contributed by atoms with Gasteiger partial charge in [-0.05, 0) is 19.1 Å². The van der Waals surface area contributed by atoms with Crippen LogP contribution in [0.5, 0.6) is 0 Å². The summed E-state index contributed by atoms with van der Waals surface area (Å²) in [7, 11) is 1.64. The molecule has 0 saturated carbocycles. The highest BCUT2D eigenvalue weighted by molar-refractivity contribution is 6.06. The molecule has 0 radical (unpaired) electrons. The quantitative estimate of drug-likeness (QED) is 0.860. The van der Waals surface area contributed by atoms with Gasteiger partial charge in [0.25, 0.3) is 5.91 Å². The number of amides is 1. The minimum atomic E-state index is -1.13. The first kappa shape index (κ1) is 12.7. The van der Waals surface area contributed by atoms with Crippen LogP contribution in [0.1, 0.15) is 26.5 Å². The normalized spacial score (nSPS) is 10.2. The van der Waals surface area contributed by atoms with Crippen molar-refractivity contribution in [3.63, 3.8) is 0 Å². The predicted octanol–water partition coefficient (Wildman–Crippen LogP) is 1.07. The Kier molecular flexibility index (Phi) is 3.28. The number of aryl methyl sites for hydroxylation is 2. The highest BCUT2D eigenvalue weighted by atomic mass is 16.4. The zero-order valence-corrected chi connectivity index (χ0v) is 10.4. The van der Waals surface area contributed by atoms with Crippen molar-refractivity contribution >= 4 is 17.6 Å². The van der Waals surface area contributed by atoms with E-state index in [2.05, 4.69) is 15.4 Å². The first-order valence-electron chi connectivity index (χ1n) is 5.48. The number of hydrogen-bond donors (Lipinski definition) is 2. The molecule has 0 aliphatic carbocycles. The molecule has 0 unspecified atom stereocenters. The lowest BCUT2D eigenvalue weighted by Crippen LogP contribution is -2.18. The third-order valence-corrected chi connectivity index (χ3v) is 2.53. The van der Waals surface area contributed by atoms with E-state index >= 15 is 0 Å². The zero-order chi connectivity index (χ0) is 14.0. The molecule has 2 N–H and O–H groups in total. The van der Waals surface area contributed by atoms with Crippen LogP contribution >= 0.6 is 0 Å². The summed E-state index contributed by atoms with van der Waals surface area (Å²) in [6.45, 7) is 1.77. The maximum absolute atomic E-state index is 12.0. The third kappa shape index (κ3) is 2.59. The summed E-state index contributed by atoms with van der Waals surface area (Å²) in [6, 6.07) is 2.94. The number of carbonyl (C=O) groups is 2. The third-order valence-electron chi connectivity index (χ3n) is 2.53. The van der Waals surface area contributed by atoms with E-state index in [0.717, 1.165) is 0 Å². The Morgan fingerprint density at radius 2 is 2.16 bits per heavy atom. The van der Waals surface area contributed by atoms with Crippen molar-refractivity contribution in [1.82, 2.24) is 14.8 Å². The first-order valence-corrected chi connectivity index (χ1v) is 5.48. The van der Waals surface area contributed by atoms with Gasteiger partial charge in [0.05, 0.1) is 23.1 Å². The van der Waals surface area contributed by atoms with Crippen molar-refractivity contribution in [2.45, 2.75) is 6.92 Å². The number of carboxylic acids is 1. The van der Waals surface area contributed by atoms with Crippen molar-refractivity contribution in [1.29, 1.82) is 0 Å². The standard InChI is InChI=1S/C12H12N4O3/c1-7-5-10(16(2)15-7)11(17)14-9-6-13-4-3-8(9)12(18)19/h3-6H,1-2H3,(H,14,17)(H,18,19). The maximum atomic E-state index is 12.0. The number of rotatable bonds is 3. The van der Waals surface area contributed by atoms with Gasteiger partial charge in [-0.15, -0.1) is 0 Å². The van der Waals surface area contributed by atoms with Crippen molar-refractivity contribution < 1.29 is 14.7 Å². The second kappa shape index (κ2) is 4.89. The lowest BCUT2D eigenvalue weighted by Gasteiger charge is -2.07. The second-order valence-corrected chi connectivity index (χ2v) is 3.98. The number of carbonyl (C=O) groups excluding carboxylic acids is 1. The topological polar surface area (TPSA) is 97.1 Å². The summed E-state index contributed by atoms with van der Waals surface area (Å²) in [5.41, 5.74) is 1.19. The Hall–Kier alpha value is -2.70. The SMILES string of the molecule is Cc1cc(C(=O)Nc2cnccc2C(=O)O)n(C)n1. The second-order valence-electron chi connectivity index (χ2n) is 3.98. The van der Waals surface area contributed by atoms with Crippen LogP contribution in [0.4, 0.5) is 5.69 Å². The van der Waals surface area contributed by atoms with Gasteiger partial charge in [0.1, 0.15) is 5.69 Å². The molecule has 0 saturated heterocycles. The van der Waals surface area contributed by atoms with Gasteiger partial charge in [-0.2, -0.15) is 5.10 Å². The Morgan fingerprint density at radius 1 is 1.42 bits per heavy atom. The number of anilines is 1. The van der Waals surface area contributed by atoms with Crippen LogP contribution in [-0.4, -0.2) is 31.7 Å². The summed E-state index contributed by atoms with van der Waals surface area (Å²) >= 11 is 0. The number of pyridine rings is 1. The van der Waals surface area contributed by atoms with Crippen LogP contribution in [0.25, 0.3) is 0 Å². The summed E-state index contributed by atoms with van der Waals surface area (Å²) < 4.78 is 1.43. The van der Waals surface area contributed by atoms with E-state index < -0.39 is 11.9 Å². The molecular weight excluding hydrogens is 248 g/mol. The molecule has 19 heavy (non-hydrogen) atoms. The van der Waals surface area contributed by atoms with Gasteiger partial charge in [0.2, 0.25) is 0 Å². The van der Waals surface area contributed by atoms with E-state index in [4.69, 9.17) is 5.11 Å². The van der Waals surface area contributed by atoms with Gasteiger partial charge in [0, 0.05) is 13.2 Å². The van der Waals surface area contributed by atoms with Gasteiger partial charge in [-0.25, -0.2) is 4.79 Å². The molecule has 0 aliphatic heterocycles. The van der Waals surface area contributed by atoms with Gasteiger partial charge in [-0.1, -0.05) is 0 Å². The summed E-state index contributed by atoms with van der Waals surface area (Å²) in [5.74, 6) is -1.56. The Balaban J connectivity index is 2.29. The zero-order valence-electron chi connectivity index (χ0n) is 10.4. The average Bonchev–Trinajstić information content (AvgIpc) is 2.69. The number of aromatic carboxylic acids is 1. The lowest BCUT2D eigenvalue weighted by molar-refractivity contribution is 0.0698. The minimum Gasteiger partial charge on any atom is -0.478 e. The molecule has 0 fully saturated rings. The number of hydrogen-bond acceptors (Lipinski definition) is 4. The molecule has 7 heteroatoms. The fraction of sp³-hybridized carbons (Fsp3) is 0.167. The van der Waals surface area contributed by atoms with E-state index in [9.17, 15) is 9.59 Å². The number of aromatic nitrogens is 3. The van der Waals surface area contributed by atoms with Gasteiger partial charge in [-0.3, -0.25) is 14.5 Å². The largest absolute Gasteiger partial charge is 0.478 e. The smallest absolute Gasteiger partial charge is 0.337 e. The number of nitrogens with one attached hydrogen (secondary N) is 1. The van der Waals surface area contributed by atoms with Crippen LogP contribution in [0.15, 0.2) is 24.5 Å². The molecule has 1 amide bonds. The Morgan fingerprint density at radius 3 is 2.74 bits per heavy atom. The van der Waals surface area contributed by atoms with Crippen molar-refractivity contribution in [2.24, 2.45) is 7.05 Å². The van der Waals surface area contributed by atoms with Crippen LogP contribution in [0, 0.1) is 6.92 Å². The van der Waals surface area contributed by atoms with E-state index in [1.807, 2.05) is 0 Å². The van der Waals surface area contributed by atoms with Crippen molar-refractivity contribution in [3.05, 3.63) is 41.5 Å². The van der Waals surface area contributed by atoms with E-state index in [0.29, 0.717) is 11.4 Å². The van der Waals surface area contributed by atoms with Gasteiger partial charge >= 0.3 is 5.97 Å². The summed E-state index contributed by atoms with van der Waals surface area (Å²) in [4.78, 5) is 26.8. The van der Waals surface area contributed by atoms with Crippen molar-refractivity contribution in [3.8, 4) is 0 Å². The predicted molar refractivity (Wildman–Crippen MR) is 67.1 cm³/mol. The van der Waals surface area contributed by atoms with Gasteiger partial charge in [0.15, 0.2) is 0 Å². The fourth-order valence-electron chi connectivity index (χ4n) is 1.69. The molecule has 7 nitrogen and oxygen atoms in total. The van der Waals surface area contributed by atoms with Gasteiger partial charge < -0.3 is 10.4 Å². The molecule has 98 valence electrons. The molecule has 2 aromatic rings. The summed E-state index contributed by atoms with van der Waals surface area (Å²) in [5, 5.41) is 15.6. The summed E-state index contributed by atoms with van der Waals surface area (Å²) in [6.07, 6.45) is 2.65. The highest BCUT2D eigenvalue weighted by Crippen LogP contribution is 2.14. The lowest BCUT2D eigenvalue weighted by atomic mass is 10.2. The molecule has 0 atom stereocenters. The molecule has 0 aliphatic rings. The first-order chi connectivity index (χ1) is 8.99. The Labute approximate surface area is 108 Å². The monoisotopic (exact) mass is 260 g/mol. The molecule has 2 heterocycles. The molecular formula is C12H12N4O3. The minimum absolute atomic E-state index is 0.0118.